The van der Waals surface area contributed by atoms with Crippen LogP contribution >= 0.6 is 0 Å². The molecule has 2 heterocycles. The van der Waals surface area contributed by atoms with Crippen molar-refractivity contribution in [1.29, 1.82) is 0 Å². The van der Waals surface area contributed by atoms with E-state index in [1.165, 1.54) is 5.01 Å². The molecule has 0 aliphatic carbocycles. The van der Waals surface area contributed by atoms with Crippen LogP contribution in [0.5, 0.6) is 5.75 Å². The number of hydrogen-bond acceptors (Lipinski definition) is 5. The van der Waals surface area contributed by atoms with Crippen molar-refractivity contribution in [2.24, 2.45) is 5.10 Å². The zero-order chi connectivity index (χ0) is 17.2. The molecule has 1 atom stereocenters. The Labute approximate surface area is 140 Å². The van der Waals surface area contributed by atoms with Gasteiger partial charge in [-0.3, -0.25) is 9.78 Å². The van der Waals surface area contributed by atoms with Gasteiger partial charge in [0, 0.05) is 30.1 Å². The van der Waals surface area contributed by atoms with Crippen LogP contribution in [0.1, 0.15) is 24.5 Å². The average molecular weight is 325 g/mol. The number of aliphatic hydroxyl groups is 1. The first-order valence-electron chi connectivity index (χ1n) is 7.66. The highest BCUT2D eigenvalue weighted by Gasteiger charge is 2.44. The normalized spacial score (nSPS) is 20.0. The molecule has 1 aromatic heterocycles. The number of amides is 1. The molecule has 1 amide bonds. The van der Waals surface area contributed by atoms with E-state index in [0.29, 0.717) is 11.3 Å². The van der Waals surface area contributed by atoms with Gasteiger partial charge in [-0.1, -0.05) is 18.2 Å². The van der Waals surface area contributed by atoms with Crippen LogP contribution in [0.3, 0.4) is 0 Å². The molecule has 1 aromatic carbocycles. The Morgan fingerprint density at radius 3 is 2.71 bits per heavy atom. The largest absolute Gasteiger partial charge is 0.497 e. The highest BCUT2D eigenvalue weighted by atomic mass is 16.5. The molecule has 2 aromatic rings. The van der Waals surface area contributed by atoms with Crippen LogP contribution in [0, 0.1) is 0 Å². The fourth-order valence-corrected chi connectivity index (χ4v) is 2.80. The summed E-state index contributed by atoms with van der Waals surface area (Å²) in [6, 6.07) is 10.7. The molecule has 6 heteroatoms. The molecule has 0 radical (unpaired) electrons. The molecule has 0 unspecified atom stereocenters. The van der Waals surface area contributed by atoms with Crippen LogP contribution in [0.4, 0.5) is 0 Å². The van der Waals surface area contributed by atoms with Gasteiger partial charge in [0.25, 0.3) is 0 Å². The van der Waals surface area contributed by atoms with E-state index in [9.17, 15) is 9.90 Å². The maximum atomic E-state index is 12.7. The lowest BCUT2D eigenvalue weighted by molar-refractivity contribution is -0.157. The number of nitrogens with zero attached hydrogens (tertiary/aromatic N) is 3. The molecule has 3 rings (SSSR count). The zero-order valence-electron chi connectivity index (χ0n) is 13.6. The second kappa shape index (κ2) is 6.41. The van der Waals surface area contributed by atoms with Crippen molar-refractivity contribution in [1.82, 2.24) is 9.99 Å². The van der Waals surface area contributed by atoms with E-state index in [-0.39, 0.29) is 18.7 Å². The number of methoxy groups -OCH3 is 1. The SMILES string of the molecule is COc1ccc(CC(=O)N2N=C(C)C[C@]2(O)c2cccnc2)cc1. The van der Waals surface area contributed by atoms with Gasteiger partial charge in [-0.15, -0.1) is 0 Å². The number of ether oxygens (including phenoxy) is 1. The Morgan fingerprint density at radius 1 is 1.33 bits per heavy atom. The van der Waals surface area contributed by atoms with Gasteiger partial charge in [-0.2, -0.15) is 10.1 Å². The number of aromatic nitrogens is 1. The molecule has 0 fully saturated rings. The average Bonchev–Trinajstić information content (AvgIpc) is 2.92. The molecule has 0 spiro atoms. The number of carbonyl (C=O) groups excluding carboxylic acids is 1. The minimum atomic E-state index is -1.48. The van der Waals surface area contributed by atoms with Gasteiger partial charge in [0.05, 0.1) is 13.5 Å². The van der Waals surface area contributed by atoms with E-state index in [4.69, 9.17) is 4.74 Å². The van der Waals surface area contributed by atoms with E-state index < -0.39 is 5.72 Å². The Balaban J connectivity index is 1.83. The lowest BCUT2D eigenvalue weighted by Crippen LogP contribution is -2.44. The number of benzene rings is 1. The molecule has 0 saturated heterocycles. The predicted molar refractivity (Wildman–Crippen MR) is 89.4 cm³/mol. The summed E-state index contributed by atoms with van der Waals surface area (Å²) in [6.45, 7) is 1.79. The van der Waals surface area contributed by atoms with E-state index in [1.807, 2.05) is 12.1 Å². The van der Waals surface area contributed by atoms with Crippen LogP contribution < -0.4 is 4.74 Å². The van der Waals surface area contributed by atoms with Gasteiger partial charge < -0.3 is 9.84 Å². The zero-order valence-corrected chi connectivity index (χ0v) is 13.6. The number of carbonyl (C=O) groups is 1. The van der Waals surface area contributed by atoms with Crippen molar-refractivity contribution in [2.45, 2.75) is 25.5 Å². The van der Waals surface area contributed by atoms with E-state index in [0.717, 1.165) is 11.3 Å². The first-order valence-corrected chi connectivity index (χ1v) is 7.66. The summed E-state index contributed by atoms with van der Waals surface area (Å²) in [5, 5.41) is 16.5. The Bertz CT molecular complexity index is 759. The summed E-state index contributed by atoms with van der Waals surface area (Å²) in [5.74, 6) is 0.455. The highest BCUT2D eigenvalue weighted by molar-refractivity contribution is 5.89. The number of hydrogen-bond donors (Lipinski definition) is 1. The molecule has 0 bridgehead atoms. The summed E-state index contributed by atoms with van der Waals surface area (Å²) in [5.41, 5.74) is 0.592. The molecular formula is C18H19N3O3. The summed E-state index contributed by atoms with van der Waals surface area (Å²) >= 11 is 0. The highest BCUT2D eigenvalue weighted by Crippen LogP contribution is 2.35. The molecule has 0 saturated carbocycles. The molecule has 1 aliphatic heterocycles. The van der Waals surface area contributed by atoms with Gasteiger partial charge in [0.1, 0.15) is 5.75 Å². The summed E-state index contributed by atoms with van der Waals surface area (Å²) in [6.07, 6.45) is 3.59. The van der Waals surface area contributed by atoms with Gasteiger partial charge in [0.2, 0.25) is 5.91 Å². The Hall–Kier alpha value is -2.73. The van der Waals surface area contributed by atoms with Crippen LogP contribution in [-0.4, -0.2) is 33.8 Å². The van der Waals surface area contributed by atoms with Crippen molar-refractivity contribution in [3.8, 4) is 5.75 Å². The van der Waals surface area contributed by atoms with Gasteiger partial charge in [-0.25, -0.2) is 0 Å². The standard InChI is InChI=1S/C18H19N3O3/c1-13-11-18(23,15-4-3-9-19-12-15)21(20-13)17(22)10-14-5-7-16(24-2)8-6-14/h3-9,12,23H,10-11H2,1-2H3/t18-/m0/s1. The van der Waals surface area contributed by atoms with Gasteiger partial charge >= 0.3 is 0 Å². The number of hydrazone groups is 1. The molecule has 1 N–H and O–H groups in total. The molecule has 1 aliphatic rings. The van der Waals surface area contributed by atoms with Crippen molar-refractivity contribution in [3.05, 3.63) is 59.9 Å². The second-order valence-electron chi connectivity index (χ2n) is 5.80. The third-order valence-electron chi connectivity index (χ3n) is 4.00. The lowest BCUT2D eigenvalue weighted by Gasteiger charge is -2.31. The van der Waals surface area contributed by atoms with Crippen LogP contribution in [0.25, 0.3) is 0 Å². The first kappa shape index (κ1) is 16.1. The van der Waals surface area contributed by atoms with Crippen LogP contribution in [0.15, 0.2) is 53.9 Å². The molecule has 24 heavy (non-hydrogen) atoms. The Kier molecular flexibility index (Phi) is 4.31. The maximum absolute atomic E-state index is 12.7. The summed E-state index contributed by atoms with van der Waals surface area (Å²) in [4.78, 5) is 16.7. The summed E-state index contributed by atoms with van der Waals surface area (Å²) in [7, 11) is 1.59. The third kappa shape index (κ3) is 3.00. The maximum Gasteiger partial charge on any atom is 0.250 e. The van der Waals surface area contributed by atoms with Gasteiger partial charge in [-0.05, 0) is 30.7 Å². The van der Waals surface area contributed by atoms with Crippen molar-refractivity contribution in [2.75, 3.05) is 7.11 Å². The van der Waals surface area contributed by atoms with E-state index >= 15 is 0 Å². The molecule has 124 valence electrons. The third-order valence-corrected chi connectivity index (χ3v) is 4.00. The van der Waals surface area contributed by atoms with Crippen molar-refractivity contribution >= 4 is 11.6 Å². The van der Waals surface area contributed by atoms with E-state index in [2.05, 4.69) is 10.1 Å². The van der Waals surface area contributed by atoms with Crippen molar-refractivity contribution < 1.29 is 14.6 Å². The first-order chi connectivity index (χ1) is 11.5. The molecular weight excluding hydrogens is 306 g/mol. The Morgan fingerprint density at radius 2 is 2.08 bits per heavy atom. The molecule has 6 nitrogen and oxygen atoms in total. The van der Waals surface area contributed by atoms with E-state index in [1.54, 1.807) is 50.7 Å². The van der Waals surface area contributed by atoms with Crippen LogP contribution in [-0.2, 0) is 16.9 Å². The fraction of sp³-hybridized carbons (Fsp3) is 0.278. The minimum absolute atomic E-state index is 0.142. The van der Waals surface area contributed by atoms with Crippen molar-refractivity contribution in [3.63, 3.8) is 0 Å². The lowest BCUT2D eigenvalue weighted by atomic mass is 9.99. The monoisotopic (exact) mass is 325 g/mol. The number of rotatable bonds is 4. The predicted octanol–water partition coefficient (Wildman–Crippen LogP) is 2.09. The fourth-order valence-electron chi connectivity index (χ4n) is 2.80. The summed E-state index contributed by atoms with van der Waals surface area (Å²) < 4.78 is 5.11. The topological polar surface area (TPSA) is 75.0 Å². The smallest absolute Gasteiger partial charge is 0.250 e. The van der Waals surface area contributed by atoms with Gasteiger partial charge in [0.15, 0.2) is 5.72 Å². The quantitative estimate of drug-likeness (QED) is 0.934. The van der Waals surface area contributed by atoms with Crippen LogP contribution in [0.2, 0.25) is 0 Å². The number of pyridine rings is 1. The minimum Gasteiger partial charge on any atom is -0.497 e. The second-order valence-corrected chi connectivity index (χ2v) is 5.80.